The minimum atomic E-state index is -0.803. The lowest BCUT2D eigenvalue weighted by Crippen LogP contribution is -2.53. The molecule has 0 saturated carbocycles. The van der Waals surface area contributed by atoms with Crippen molar-refractivity contribution in [2.24, 2.45) is 0 Å². The second-order valence-electron chi connectivity index (χ2n) is 8.70. The van der Waals surface area contributed by atoms with Crippen LogP contribution in [0.4, 0.5) is 5.82 Å². The van der Waals surface area contributed by atoms with Gasteiger partial charge in [-0.2, -0.15) is 0 Å². The molecular formula is C24H35N5O4. The summed E-state index contributed by atoms with van der Waals surface area (Å²) >= 11 is 0. The SMILES string of the molecule is COc1cc(CNC[C@]2(O)CCCN(c3cnccn3)C2)ccc1OCCN1CCOCC1. The van der Waals surface area contributed by atoms with Gasteiger partial charge in [-0.1, -0.05) is 6.07 Å². The zero-order valence-corrected chi connectivity index (χ0v) is 19.4. The van der Waals surface area contributed by atoms with E-state index < -0.39 is 5.60 Å². The second-order valence-corrected chi connectivity index (χ2v) is 8.70. The van der Waals surface area contributed by atoms with Gasteiger partial charge in [0.1, 0.15) is 12.4 Å². The topological polar surface area (TPSA) is 92.2 Å². The molecule has 0 spiro atoms. The molecule has 2 saturated heterocycles. The molecule has 2 fully saturated rings. The van der Waals surface area contributed by atoms with E-state index in [9.17, 15) is 5.11 Å². The Morgan fingerprint density at radius 3 is 2.85 bits per heavy atom. The van der Waals surface area contributed by atoms with Gasteiger partial charge in [0.2, 0.25) is 0 Å². The maximum absolute atomic E-state index is 11.1. The largest absolute Gasteiger partial charge is 0.493 e. The van der Waals surface area contributed by atoms with Crippen LogP contribution < -0.4 is 19.7 Å². The third-order valence-corrected chi connectivity index (χ3v) is 6.21. The summed E-state index contributed by atoms with van der Waals surface area (Å²) in [4.78, 5) is 13.0. The fourth-order valence-corrected chi connectivity index (χ4v) is 4.40. The van der Waals surface area contributed by atoms with E-state index >= 15 is 0 Å². The van der Waals surface area contributed by atoms with E-state index in [0.29, 0.717) is 26.2 Å². The third-order valence-electron chi connectivity index (χ3n) is 6.21. The number of nitrogens with one attached hydrogen (secondary N) is 1. The van der Waals surface area contributed by atoms with Crippen molar-refractivity contribution in [1.29, 1.82) is 0 Å². The summed E-state index contributed by atoms with van der Waals surface area (Å²) in [6.45, 7) is 7.53. The Morgan fingerprint density at radius 1 is 1.18 bits per heavy atom. The van der Waals surface area contributed by atoms with Crippen molar-refractivity contribution in [3.63, 3.8) is 0 Å². The standard InChI is InChI=1S/C24H35N5O4/c1-31-22-15-20(3-4-21(22)33-14-11-28-9-12-32-13-10-28)16-26-18-24(30)5-2-8-29(19-24)23-17-25-6-7-27-23/h3-4,6-7,15,17,26,30H,2,5,8-14,16,18-19H2,1H3/t24-/m1/s1. The van der Waals surface area contributed by atoms with Crippen LogP contribution in [-0.2, 0) is 11.3 Å². The number of aromatic nitrogens is 2. The predicted molar refractivity (Wildman–Crippen MR) is 126 cm³/mol. The molecule has 0 aliphatic carbocycles. The Morgan fingerprint density at radius 2 is 2.06 bits per heavy atom. The highest BCUT2D eigenvalue weighted by molar-refractivity contribution is 5.43. The van der Waals surface area contributed by atoms with Gasteiger partial charge in [-0.15, -0.1) is 0 Å². The molecule has 1 atom stereocenters. The summed E-state index contributed by atoms with van der Waals surface area (Å²) in [5.74, 6) is 2.28. The molecule has 4 rings (SSSR count). The Hall–Kier alpha value is -2.46. The van der Waals surface area contributed by atoms with E-state index in [4.69, 9.17) is 14.2 Å². The quantitative estimate of drug-likeness (QED) is 0.548. The lowest BCUT2D eigenvalue weighted by atomic mass is 9.92. The maximum Gasteiger partial charge on any atom is 0.161 e. The van der Waals surface area contributed by atoms with Crippen LogP contribution in [0, 0.1) is 0 Å². The highest BCUT2D eigenvalue weighted by Crippen LogP contribution is 2.28. The number of piperidine rings is 1. The van der Waals surface area contributed by atoms with Crippen LogP contribution in [-0.4, -0.2) is 91.8 Å². The number of methoxy groups -OCH3 is 1. The van der Waals surface area contributed by atoms with E-state index in [0.717, 1.165) is 75.1 Å². The number of morpholine rings is 1. The maximum atomic E-state index is 11.1. The Bertz CT molecular complexity index is 865. The van der Waals surface area contributed by atoms with Crippen molar-refractivity contribution in [2.45, 2.75) is 25.0 Å². The molecule has 2 aliphatic rings. The smallest absolute Gasteiger partial charge is 0.161 e. The van der Waals surface area contributed by atoms with Crippen LogP contribution in [0.25, 0.3) is 0 Å². The number of nitrogens with zero attached hydrogens (tertiary/aromatic N) is 4. The fraction of sp³-hybridized carbons (Fsp3) is 0.583. The zero-order valence-electron chi connectivity index (χ0n) is 19.4. The van der Waals surface area contributed by atoms with Crippen LogP contribution >= 0.6 is 0 Å². The van der Waals surface area contributed by atoms with E-state index in [2.05, 4.69) is 25.1 Å². The minimum absolute atomic E-state index is 0.504. The number of hydrogen-bond donors (Lipinski definition) is 2. The van der Waals surface area contributed by atoms with Crippen molar-refractivity contribution in [3.8, 4) is 11.5 Å². The number of hydrogen-bond acceptors (Lipinski definition) is 9. The molecule has 2 aliphatic heterocycles. The third kappa shape index (κ3) is 6.77. The molecule has 9 nitrogen and oxygen atoms in total. The van der Waals surface area contributed by atoms with Gasteiger partial charge >= 0.3 is 0 Å². The Balaban J connectivity index is 1.25. The minimum Gasteiger partial charge on any atom is -0.493 e. The van der Waals surface area contributed by atoms with Crippen molar-refractivity contribution in [3.05, 3.63) is 42.4 Å². The number of aliphatic hydroxyl groups is 1. The zero-order chi connectivity index (χ0) is 22.9. The molecule has 1 aromatic carbocycles. The van der Waals surface area contributed by atoms with Gasteiger partial charge in [0, 0.05) is 58.2 Å². The first-order chi connectivity index (χ1) is 16.1. The van der Waals surface area contributed by atoms with Crippen LogP contribution in [0.3, 0.4) is 0 Å². The van der Waals surface area contributed by atoms with Gasteiger partial charge in [-0.3, -0.25) is 9.88 Å². The van der Waals surface area contributed by atoms with Crippen LogP contribution in [0.15, 0.2) is 36.8 Å². The first kappa shape index (κ1) is 23.7. The van der Waals surface area contributed by atoms with Crippen LogP contribution in [0.5, 0.6) is 11.5 Å². The molecule has 33 heavy (non-hydrogen) atoms. The summed E-state index contributed by atoms with van der Waals surface area (Å²) in [7, 11) is 1.66. The van der Waals surface area contributed by atoms with Gasteiger partial charge in [0.15, 0.2) is 11.5 Å². The highest BCUT2D eigenvalue weighted by Gasteiger charge is 2.33. The average Bonchev–Trinajstić information content (AvgIpc) is 2.86. The molecule has 0 radical (unpaired) electrons. The normalized spacial score (nSPS) is 21.7. The fourth-order valence-electron chi connectivity index (χ4n) is 4.40. The Labute approximate surface area is 195 Å². The van der Waals surface area contributed by atoms with Gasteiger partial charge in [0.25, 0.3) is 0 Å². The van der Waals surface area contributed by atoms with Gasteiger partial charge in [-0.05, 0) is 30.5 Å². The highest BCUT2D eigenvalue weighted by atomic mass is 16.5. The number of benzene rings is 1. The summed E-state index contributed by atoms with van der Waals surface area (Å²) in [6.07, 6.45) is 6.77. The Kier molecular flexibility index (Phi) is 8.33. The number of rotatable bonds is 10. The summed E-state index contributed by atoms with van der Waals surface area (Å²) in [5.41, 5.74) is 0.278. The van der Waals surface area contributed by atoms with E-state index in [1.165, 1.54) is 0 Å². The first-order valence-electron chi connectivity index (χ1n) is 11.7. The van der Waals surface area contributed by atoms with E-state index in [1.807, 2.05) is 18.2 Å². The van der Waals surface area contributed by atoms with E-state index in [1.54, 1.807) is 25.7 Å². The second kappa shape index (κ2) is 11.6. The van der Waals surface area contributed by atoms with Crippen molar-refractivity contribution < 1.29 is 19.3 Å². The molecule has 0 bridgehead atoms. The lowest BCUT2D eigenvalue weighted by Gasteiger charge is -2.39. The number of anilines is 1. The van der Waals surface area contributed by atoms with E-state index in [-0.39, 0.29) is 0 Å². The predicted octanol–water partition coefficient (Wildman–Crippen LogP) is 1.32. The van der Waals surface area contributed by atoms with Gasteiger partial charge < -0.3 is 29.5 Å². The van der Waals surface area contributed by atoms with Gasteiger partial charge in [-0.25, -0.2) is 4.98 Å². The first-order valence-corrected chi connectivity index (χ1v) is 11.7. The molecule has 0 unspecified atom stereocenters. The lowest BCUT2D eigenvalue weighted by molar-refractivity contribution is 0.0258. The molecule has 2 N–H and O–H groups in total. The van der Waals surface area contributed by atoms with Crippen LogP contribution in [0.1, 0.15) is 18.4 Å². The average molecular weight is 458 g/mol. The summed E-state index contributed by atoms with van der Waals surface area (Å²) < 4.78 is 16.9. The molecule has 9 heteroatoms. The summed E-state index contributed by atoms with van der Waals surface area (Å²) in [5, 5.41) is 14.5. The van der Waals surface area contributed by atoms with Crippen molar-refractivity contribution >= 4 is 5.82 Å². The molecule has 180 valence electrons. The molecule has 1 aromatic heterocycles. The molecule has 0 amide bonds. The molecule has 2 aromatic rings. The monoisotopic (exact) mass is 457 g/mol. The summed E-state index contributed by atoms with van der Waals surface area (Å²) in [6, 6.07) is 5.99. The number of ether oxygens (including phenoxy) is 3. The number of β-amino-alcohol motifs (C(OH)–C–C–N with tert-alkyl or cyclic N) is 1. The van der Waals surface area contributed by atoms with Crippen molar-refractivity contribution in [1.82, 2.24) is 20.2 Å². The molecule has 3 heterocycles. The van der Waals surface area contributed by atoms with Gasteiger partial charge in [0.05, 0.1) is 32.1 Å². The molecular weight excluding hydrogens is 422 g/mol. The van der Waals surface area contributed by atoms with Crippen molar-refractivity contribution in [2.75, 3.05) is 71.1 Å². The van der Waals surface area contributed by atoms with Crippen LogP contribution in [0.2, 0.25) is 0 Å².